The Kier molecular flexibility index (Phi) is 1.59. The summed E-state index contributed by atoms with van der Waals surface area (Å²) in [6, 6.07) is 0. The molecule has 3 heteroatoms. The maximum absolute atomic E-state index is 4.12. The van der Waals surface area contributed by atoms with Crippen LogP contribution in [0.2, 0.25) is 0 Å². The van der Waals surface area contributed by atoms with Crippen LogP contribution < -0.4 is 5.32 Å². The molecule has 0 amide bonds. The van der Waals surface area contributed by atoms with Crippen molar-refractivity contribution in [3.63, 3.8) is 0 Å². The monoisotopic (exact) mass is 154 g/mol. The Bertz CT molecular complexity index is 191. The third kappa shape index (κ3) is 1.48. The van der Waals surface area contributed by atoms with E-state index in [0.717, 1.165) is 17.6 Å². The van der Waals surface area contributed by atoms with Gasteiger partial charge in [-0.25, -0.2) is 4.98 Å². The summed E-state index contributed by atoms with van der Waals surface area (Å²) in [5.74, 6) is 0.934. The van der Waals surface area contributed by atoms with Crippen molar-refractivity contribution in [2.24, 2.45) is 5.92 Å². The van der Waals surface area contributed by atoms with Gasteiger partial charge in [0.25, 0.3) is 0 Å². The van der Waals surface area contributed by atoms with Crippen LogP contribution in [0.3, 0.4) is 0 Å². The summed E-state index contributed by atoms with van der Waals surface area (Å²) < 4.78 is 0. The SMILES string of the molecule is c1csc(NCC2CC2)n1. The van der Waals surface area contributed by atoms with Gasteiger partial charge < -0.3 is 5.32 Å². The van der Waals surface area contributed by atoms with Gasteiger partial charge in [-0.15, -0.1) is 11.3 Å². The van der Waals surface area contributed by atoms with Crippen LogP contribution in [0, 0.1) is 5.92 Å². The maximum atomic E-state index is 4.12. The number of hydrogen-bond acceptors (Lipinski definition) is 3. The van der Waals surface area contributed by atoms with E-state index in [-0.39, 0.29) is 0 Å². The summed E-state index contributed by atoms with van der Waals surface area (Å²) in [5.41, 5.74) is 0. The molecule has 1 heterocycles. The lowest BCUT2D eigenvalue weighted by Crippen LogP contribution is -2.01. The first kappa shape index (κ1) is 6.16. The van der Waals surface area contributed by atoms with Crippen molar-refractivity contribution in [1.29, 1.82) is 0 Å². The van der Waals surface area contributed by atoms with Crippen molar-refractivity contribution in [1.82, 2.24) is 4.98 Å². The van der Waals surface area contributed by atoms with Crippen LogP contribution in [-0.4, -0.2) is 11.5 Å². The van der Waals surface area contributed by atoms with E-state index in [9.17, 15) is 0 Å². The Morgan fingerprint density at radius 2 is 2.60 bits per heavy atom. The van der Waals surface area contributed by atoms with Gasteiger partial charge in [-0.05, 0) is 18.8 Å². The fourth-order valence-electron chi connectivity index (χ4n) is 0.864. The molecule has 54 valence electrons. The van der Waals surface area contributed by atoms with Crippen LogP contribution in [0.4, 0.5) is 5.13 Å². The molecule has 10 heavy (non-hydrogen) atoms. The lowest BCUT2D eigenvalue weighted by atomic mass is 10.4. The van der Waals surface area contributed by atoms with E-state index in [4.69, 9.17) is 0 Å². The second kappa shape index (κ2) is 2.58. The first-order valence-electron chi connectivity index (χ1n) is 3.58. The minimum absolute atomic E-state index is 0.934. The first-order valence-corrected chi connectivity index (χ1v) is 4.46. The van der Waals surface area contributed by atoms with Crippen LogP contribution >= 0.6 is 11.3 Å². The molecule has 1 fully saturated rings. The highest BCUT2D eigenvalue weighted by Gasteiger charge is 2.20. The van der Waals surface area contributed by atoms with E-state index in [1.807, 2.05) is 11.6 Å². The Labute approximate surface area is 64.3 Å². The molecule has 1 N–H and O–H groups in total. The predicted molar refractivity (Wildman–Crippen MR) is 43.3 cm³/mol. The van der Waals surface area contributed by atoms with Gasteiger partial charge in [-0.3, -0.25) is 0 Å². The van der Waals surface area contributed by atoms with Crippen molar-refractivity contribution in [3.05, 3.63) is 11.6 Å². The predicted octanol–water partition coefficient (Wildman–Crippen LogP) is 1.96. The van der Waals surface area contributed by atoms with Crippen molar-refractivity contribution in [3.8, 4) is 0 Å². The quantitative estimate of drug-likeness (QED) is 0.720. The average Bonchev–Trinajstić information content (AvgIpc) is 2.63. The highest BCUT2D eigenvalue weighted by atomic mass is 32.1. The Hall–Kier alpha value is -0.570. The minimum atomic E-state index is 0.934. The Morgan fingerprint density at radius 3 is 3.20 bits per heavy atom. The van der Waals surface area contributed by atoms with Crippen molar-refractivity contribution >= 4 is 16.5 Å². The summed E-state index contributed by atoms with van der Waals surface area (Å²) in [7, 11) is 0. The van der Waals surface area contributed by atoms with E-state index >= 15 is 0 Å². The van der Waals surface area contributed by atoms with E-state index < -0.39 is 0 Å². The van der Waals surface area contributed by atoms with Gasteiger partial charge in [-0.1, -0.05) is 0 Å². The van der Waals surface area contributed by atoms with Crippen LogP contribution in [0.15, 0.2) is 11.6 Å². The first-order chi connectivity index (χ1) is 4.95. The number of anilines is 1. The molecule has 2 nitrogen and oxygen atoms in total. The molecule has 1 aliphatic rings. The highest BCUT2D eigenvalue weighted by Crippen LogP contribution is 2.29. The number of thiazole rings is 1. The van der Waals surface area contributed by atoms with Gasteiger partial charge in [0.1, 0.15) is 0 Å². The van der Waals surface area contributed by atoms with E-state index in [2.05, 4.69) is 10.3 Å². The van der Waals surface area contributed by atoms with Crippen LogP contribution in [-0.2, 0) is 0 Å². The zero-order chi connectivity index (χ0) is 6.81. The molecule has 2 rings (SSSR count). The van der Waals surface area contributed by atoms with Gasteiger partial charge in [0, 0.05) is 18.1 Å². The second-order valence-corrected chi connectivity index (χ2v) is 3.56. The molecule has 0 saturated heterocycles. The van der Waals surface area contributed by atoms with Gasteiger partial charge in [0.15, 0.2) is 5.13 Å². The smallest absolute Gasteiger partial charge is 0.182 e. The lowest BCUT2D eigenvalue weighted by molar-refractivity contribution is 0.887. The molecular formula is C7H10N2S. The molecule has 0 aromatic carbocycles. The summed E-state index contributed by atoms with van der Waals surface area (Å²) in [4.78, 5) is 4.12. The zero-order valence-electron chi connectivity index (χ0n) is 5.71. The number of rotatable bonds is 3. The van der Waals surface area contributed by atoms with E-state index in [1.54, 1.807) is 11.3 Å². The van der Waals surface area contributed by atoms with Gasteiger partial charge >= 0.3 is 0 Å². The number of hydrogen-bond donors (Lipinski definition) is 1. The number of nitrogens with one attached hydrogen (secondary N) is 1. The van der Waals surface area contributed by atoms with Gasteiger partial charge in [-0.2, -0.15) is 0 Å². The fourth-order valence-corrected chi connectivity index (χ4v) is 1.40. The molecule has 0 aliphatic heterocycles. The lowest BCUT2D eigenvalue weighted by Gasteiger charge is -1.97. The number of aromatic nitrogens is 1. The van der Waals surface area contributed by atoms with Crippen molar-refractivity contribution < 1.29 is 0 Å². The second-order valence-electron chi connectivity index (χ2n) is 2.66. The largest absolute Gasteiger partial charge is 0.361 e. The highest BCUT2D eigenvalue weighted by molar-refractivity contribution is 7.13. The van der Waals surface area contributed by atoms with E-state index in [1.165, 1.54) is 12.8 Å². The maximum Gasteiger partial charge on any atom is 0.182 e. The summed E-state index contributed by atoms with van der Waals surface area (Å²) >= 11 is 1.67. The van der Waals surface area contributed by atoms with Crippen LogP contribution in [0.25, 0.3) is 0 Å². The standard InChI is InChI=1S/C7H10N2S/c1-2-6(1)5-9-7-8-3-4-10-7/h3-4,6H,1-2,5H2,(H,8,9). The van der Waals surface area contributed by atoms with Crippen LogP contribution in [0.5, 0.6) is 0 Å². The molecule has 0 atom stereocenters. The van der Waals surface area contributed by atoms with Gasteiger partial charge in [0.2, 0.25) is 0 Å². The zero-order valence-corrected chi connectivity index (χ0v) is 6.53. The molecular weight excluding hydrogens is 144 g/mol. The fraction of sp³-hybridized carbons (Fsp3) is 0.571. The third-order valence-electron chi connectivity index (χ3n) is 1.67. The minimum Gasteiger partial charge on any atom is -0.361 e. The topological polar surface area (TPSA) is 24.9 Å². The molecule has 0 unspecified atom stereocenters. The third-order valence-corrected chi connectivity index (χ3v) is 2.40. The molecule has 1 aromatic heterocycles. The Morgan fingerprint density at radius 1 is 1.70 bits per heavy atom. The van der Waals surface area contributed by atoms with E-state index in [0.29, 0.717) is 0 Å². The summed E-state index contributed by atoms with van der Waals surface area (Å²) in [6.07, 6.45) is 4.64. The summed E-state index contributed by atoms with van der Waals surface area (Å²) in [6.45, 7) is 1.12. The normalized spacial score (nSPS) is 17.2. The summed E-state index contributed by atoms with van der Waals surface area (Å²) in [5, 5.41) is 6.35. The molecule has 0 radical (unpaired) electrons. The average molecular weight is 154 g/mol. The molecule has 0 bridgehead atoms. The number of nitrogens with zero attached hydrogens (tertiary/aromatic N) is 1. The molecule has 1 aromatic rings. The van der Waals surface area contributed by atoms with Crippen LogP contribution in [0.1, 0.15) is 12.8 Å². The molecule has 1 aliphatic carbocycles. The van der Waals surface area contributed by atoms with Crippen molar-refractivity contribution in [2.45, 2.75) is 12.8 Å². The van der Waals surface area contributed by atoms with Crippen molar-refractivity contribution in [2.75, 3.05) is 11.9 Å². The molecule has 0 spiro atoms. The molecule has 1 saturated carbocycles. The van der Waals surface area contributed by atoms with Gasteiger partial charge in [0.05, 0.1) is 0 Å². The Balaban J connectivity index is 1.79.